The molecule has 1 aliphatic heterocycles. The van der Waals surface area contributed by atoms with Gasteiger partial charge in [-0.15, -0.1) is 0 Å². The Kier molecular flexibility index (Phi) is 5.46. The third-order valence-electron chi connectivity index (χ3n) is 4.89. The lowest BCUT2D eigenvalue weighted by atomic mass is 10.1. The van der Waals surface area contributed by atoms with Crippen LogP contribution in [0.2, 0.25) is 5.02 Å². The molecule has 3 aromatic rings. The lowest BCUT2D eigenvalue weighted by Gasteiger charge is -2.24. The summed E-state index contributed by atoms with van der Waals surface area (Å²) in [5, 5.41) is 2.96. The number of pyridine rings is 1. The van der Waals surface area contributed by atoms with Gasteiger partial charge in [-0.2, -0.15) is 0 Å². The predicted molar refractivity (Wildman–Crippen MR) is 108 cm³/mol. The molecule has 0 saturated carbocycles. The van der Waals surface area contributed by atoms with Crippen LogP contribution in [0.15, 0.2) is 60.8 Å². The third kappa shape index (κ3) is 3.89. The van der Waals surface area contributed by atoms with Crippen LogP contribution >= 0.6 is 11.6 Å². The highest BCUT2D eigenvalue weighted by atomic mass is 35.5. The monoisotopic (exact) mass is 427 g/mol. The summed E-state index contributed by atoms with van der Waals surface area (Å²) in [7, 11) is 0. The molecule has 1 aliphatic rings. The number of rotatable bonds is 5. The molecule has 0 saturated heterocycles. The van der Waals surface area contributed by atoms with Gasteiger partial charge in [-0.1, -0.05) is 17.7 Å². The van der Waals surface area contributed by atoms with Crippen molar-refractivity contribution in [2.24, 2.45) is 0 Å². The van der Waals surface area contributed by atoms with Crippen molar-refractivity contribution in [1.82, 2.24) is 10.3 Å². The number of hydrogen-bond donors (Lipinski definition) is 1. The highest BCUT2D eigenvalue weighted by Gasteiger charge is 2.39. The summed E-state index contributed by atoms with van der Waals surface area (Å²) in [5.41, 5.74) is 1.93. The van der Waals surface area contributed by atoms with Crippen LogP contribution in [0, 0.1) is 11.6 Å². The van der Waals surface area contributed by atoms with Crippen LogP contribution in [-0.4, -0.2) is 16.8 Å². The number of fused-ring (bicyclic) bond motifs is 1. The average Bonchev–Trinajstić information content (AvgIpc) is 3.00. The zero-order valence-electron chi connectivity index (χ0n) is 15.6. The summed E-state index contributed by atoms with van der Waals surface area (Å²) in [6, 6.07) is 12.1. The Labute approximate surface area is 176 Å². The van der Waals surface area contributed by atoms with Crippen LogP contribution in [0.1, 0.15) is 34.1 Å². The van der Waals surface area contributed by atoms with E-state index >= 15 is 0 Å². The Hall–Kier alpha value is -3.32. The second-order valence-corrected chi connectivity index (χ2v) is 7.23. The molecule has 2 heterocycles. The minimum Gasteiger partial charge on any atom is -0.352 e. The first-order chi connectivity index (χ1) is 14.4. The fourth-order valence-electron chi connectivity index (χ4n) is 3.45. The topological polar surface area (TPSA) is 62.3 Å². The minimum absolute atomic E-state index is 0.0497. The number of benzene rings is 2. The number of halogens is 3. The van der Waals surface area contributed by atoms with Crippen molar-refractivity contribution in [2.75, 3.05) is 4.90 Å². The second kappa shape index (κ2) is 8.20. The van der Waals surface area contributed by atoms with Crippen molar-refractivity contribution in [2.45, 2.75) is 19.0 Å². The van der Waals surface area contributed by atoms with Crippen LogP contribution in [0.4, 0.5) is 14.5 Å². The van der Waals surface area contributed by atoms with Gasteiger partial charge in [-0.05, 0) is 54.1 Å². The van der Waals surface area contributed by atoms with Crippen LogP contribution in [0.25, 0.3) is 0 Å². The highest BCUT2D eigenvalue weighted by molar-refractivity contribution is 6.31. The normalized spacial score (nSPS) is 15.2. The smallest absolute Gasteiger partial charge is 0.260 e. The molecule has 152 valence electrons. The zero-order valence-corrected chi connectivity index (χ0v) is 16.4. The quantitative estimate of drug-likeness (QED) is 0.655. The highest BCUT2D eigenvalue weighted by Crippen LogP contribution is 2.38. The molecule has 30 heavy (non-hydrogen) atoms. The van der Waals surface area contributed by atoms with Gasteiger partial charge in [0.1, 0.15) is 11.6 Å². The Morgan fingerprint density at radius 3 is 2.57 bits per heavy atom. The number of carbonyl (C=O) groups is 2. The zero-order chi connectivity index (χ0) is 21.3. The van der Waals surface area contributed by atoms with Crippen LogP contribution < -0.4 is 10.2 Å². The summed E-state index contributed by atoms with van der Waals surface area (Å²) in [6.45, 7) is 0.115. The Bertz CT molecular complexity index is 1120. The van der Waals surface area contributed by atoms with Gasteiger partial charge < -0.3 is 5.32 Å². The summed E-state index contributed by atoms with van der Waals surface area (Å²) in [4.78, 5) is 31.3. The number of nitrogens with one attached hydrogen (secondary N) is 1. The van der Waals surface area contributed by atoms with E-state index in [4.69, 9.17) is 11.6 Å². The van der Waals surface area contributed by atoms with Crippen molar-refractivity contribution in [3.05, 3.63) is 94.3 Å². The molecule has 2 amide bonds. The van der Waals surface area contributed by atoms with E-state index < -0.39 is 17.7 Å². The van der Waals surface area contributed by atoms with Gasteiger partial charge in [0.2, 0.25) is 5.91 Å². The molecule has 0 bridgehead atoms. The summed E-state index contributed by atoms with van der Waals surface area (Å²) >= 11 is 6.00. The van der Waals surface area contributed by atoms with Gasteiger partial charge >= 0.3 is 0 Å². The molecule has 0 spiro atoms. The number of amides is 2. The summed E-state index contributed by atoms with van der Waals surface area (Å²) in [6.07, 6.45) is 1.51. The molecule has 0 unspecified atom stereocenters. The SMILES string of the molecule is O=C(C[C@H]1c2ncccc2C(=O)N1c1ccc(F)cc1)NCc1ccc(F)cc1Cl. The molecule has 1 aromatic heterocycles. The van der Waals surface area contributed by atoms with Crippen LogP contribution in [0.3, 0.4) is 0 Å². The second-order valence-electron chi connectivity index (χ2n) is 6.82. The fourth-order valence-corrected chi connectivity index (χ4v) is 3.69. The molecule has 5 nitrogen and oxygen atoms in total. The van der Waals surface area contributed by atoms with E-state index in [2.05, 4.69) is 10.3 Å². The first-order valence-corrected chi connectivity index (χ1v) is 9.56. The molecule has 0 aliphatic carbocycles. The van der Waals surface area contributed by atoms with E-state index in [1.807, 2.05) is 0 Å². The van der Waals surface area contributed by atoms with Gasteiger partial charge in [-0.25, -0.2) is 8.78 Å². The third-order valence-corrected chi connectivity index (χ3v) is 5.24. The van der Waals surface area contributed by atoms with E-state index in [1.165, 1.54) is 47.4 Å². The van der Waals surface area contributed by atoms with E-state index in [1.54, 1.807) is 18.3 Å². The van der Waals surface area contributed by atoms with Gasteiger partial charge in [0.05, 0.1) is 23.7 Å². The number of aromatic nitrogens is 1. The largest absolute Gasteiger partial charge is 0.352 e. The molecule has 8 heteroatoms. The number of nitrogens with zero attached hydrogens (tertiary/aromatic N) is 2. The standard InChI is InChI=1S/C22H16ClF2N3O2/c23-18-10-15(25)4-3-13(18)12-27-20(29)11-19-21-17(2-1-9-26-21)22(30)28(19)16-7-5-14(24)6-8-16/h1-10,19H,11-12H2,(H,27,29)/t19-/m0/s1. The number of carbonyl (C=O) groups excluding carboxylic acids is 2. The molecule has 0 fully saturated rings. The fraction of sp³-hybridized carbons (Fsp3) is 0.136. The van der Waals surface area contributed by atoms with E-state index in [-0.39, 0.29) is 29.8 Å². The maximum atomic E-state index is 13.3. The van der Waals surface area contributed by atoms with Crippen molar-refractivity contribution in [1.29, 1.82) is 0 Å². The molecular weight excluding hydrogens is 412 g/mol. The molecule has 0 radical (unpaired) electrons. The summed E-state index contributed by atoms with van der Waals surface area (Å²) < 4.78 is 26.5. The summed E-state index contributed by atoms with van der Waals surface area (Å²) in [5.74, 6) is -1.52. The molecule has 1 N–H and O–H groups in total. The Morgan fingerprint density at radius 2 is 1.83 bits per heavy atom. The lowest BCUT2D eigenvalue weighted by Crippen LogP contribution is -2.33. The van der Waals surface area contributed by atoms with E-state index in [0.29, 0.717) is 22.5 Å². The molecule has 4 rings (SSSR count). The van der Waals surface area contributed by atoms with Crippen LogP contribution in [-0.2, 0) is 11.3 Å². The molecule has 1 atom stereocenters. The van der Waals surface area contributed by atoms with Crippen molar-refractivity contribution >= 4 is 29.1 Å². The first kappa shape index (κ1) is 20.0. The van der Waals surface area contributed by atoms with Crippen molar-refractivity contribution in [3.63, 3.8) is 0 Å². The molecule has 2 aromatic carbocycles. The first-order valence-electron chi connectivity index (χ1n) is 9.18. The van der Waals surface area contributed by atoms with Gasteiger partial charge in [0.15, 0.2) is 0 Å². The maximum absolute atomic E-state index is 13.3. The van der Waals surface area contributed by atoms with Gasteiger partial charge in [-0.3, -0.25) is 19.5 Å². The van der Waals surface area contributed by atoms with Crippen LogP contribution in [0.5, 0.6) is 0 Å². The van der Waals surface area contributed by atoms with Gasteiger partial charge in [0.25, 0.3) is 5.91 Å². The van der Waals surface area contributed by atoms with E-state index in [0.717, 1.165) is 0 Å². The number of hydrogen-bond acceptors (Lipinski definition) is 3. The Morgan fingerprint density at radius 1 is 1.10 bits per heavy atom. The van der Waals surface area contributed by atoms with Crippen molar-refractivity contribution in [3.8, 4) is 0 Å². The van der Waals surface area contributed by atoms with Crippen molar-refractivity contribution < 1.29 is 18.4 Å². The predicted octanol–water partition coefficient (Wildman–Crippen LogP) is 4.42. The average molecular weight is 428 g/mol. The van der Waals surface area contributed by atoms with Gasteiger partial charge in [0, 0.05) is 23.5 Å². The molecular formula is C22H16ClF2N3O2. The minimum atomic E-state index is -0.636. The Balaban J connectivity index is 1.55. The maximum Gasteiger partial charge on any atom is 0.260 e. The van der Waals surface area contributed by atoms with E-state index in [9.17, 15) is 18.4 Å². The lowest BCUT2D eigenvalue weighted by molar-refractivity contribution is -0.121. The number of anilines is 1.